The summed E-state index contributed by atoms with van der Waals surface area (Å²) < 4.78 is 2.22. The van der Waals surface area contributed by atoms with Gasteiger partial charge in [-0.3, -0.25) is 0 Å². The van der Waals surface area contributed by atoms with Crippen LogP contribution in [0.3, 0.4) is 0 Å². The zero-order chi connectivity index (χ0) is 18.8. The van der Waals surface area contributed by atoms with E-state index < -0.39 is 0 Å². The van der Waals surface area contributed by atoms with Crippen LogP contribution in [0.2, 0.25) is 0 Å². The van der Waals surface area contributed by atoms with E-state index in [-0.39, 0.29) is 0 Å². The molecule has 6 heteroatoms. The molecule has 5 rings (SSSR count). The zero-order valence-electron chi connectivity index (χ0n) is 14.7. The minimum absolute atomic E-state index is 0.571. The highest BCUT2D eigenvalue weighted by Gasteiger charge is 2.10. The van der Waals surface area contributed by atoms with Crippen LogP contribution in [0, 0.1) is 6.92 Å². The lowest BCUT2D eigenvalue weighted by Gasteiger charge is -1.99. The number of hydrogen-bond acceptors (Lipinski definition) is 4. The number of nitrogens with zero attached hydrogens (tertiary/aromatic N) is 4. The van der Waals surface area contributed by atoms with Crippen molar-refractivity contribution >= 4 is 22.1 Å². The minimum Gasteiger partial charge on any atom is -0.427 e. The summed E-state index contributed by atoms with van der Waals surface area (Å²) in [5, 5.41) is 19.3. The molecule has 0 aliphatic carbocycles. The molecule has 0 saturated heterocycles. The summed E-state index contributed by atoms with van der Waals surface area (Å²) in [5.74, 6) is 1.19. The van der Waals surface area contributed by atoms with Gasteiger partial charge in [0.15, 0.2) is 5.82 Å². The fourth-order valence-electron chi connectivity index (χ4n) is 2.92. The van der Waals surface area contributed by atoms with E-state index in [1.165, 1.54) is 0 Å². The first kappa shape index (κ1) is 16.7. The van der Waals surface area contributed by atoms with E-state index in [0.29, 0.717) is 11.6 Å². The zero-order valence-corrected chi connectivity index (χ0v) is 14.7. The Bertz CT molecular complexity index is 1210. The number of hydrogen-bond donors (Lipinski definition) is 2. The first-order chi connectivity index (χ1) is 13.1. The summed E-state index contributed by atoms with van der Waals surface area (Å²) >= 11 is 0. The molecule has 6 nitrogen and oxygen atoms in total. The second-order valence-electron chi connectivity index (χ2n) is 6.06. The third-order valence-electron chi connectivity index (χ3n) is 4.27. The average molecular weight is 358 g/mol. The van der Waals surface area contributed by atoms with Crippen LogP contribution in [-0.2, 0) is 0 Å². The molecule has 0 aliphatic heterocycles. The summed E-state index contributed by atoms with van der Waals surface area (Å²) in [5.41, 5.74) is 4.00. The first-order valence-electron chi connectivity index (χ1n) is 8.50. The maximum Gasteiger partial charge on any atom is 0.176 e. The van der Waals surface area contributed by atoms with E-state index in [4.69, 9.17) is 0 Å². The van der Waals surface area contributed by atoms with Gasteiger partial charge in [-0.1, -0.05) is 54.6 Å². The van der Waals surface area contributed by atoms with Gasteiger partial charge in [0.2, 0.25) is 0 Å². The molecule has 2 aromatic heterocycles. The number of para-hydroxylation sites is 4. The number of imidazole rings is 2. The van der Waals surface area contributed by atoms with Gasteiger partial charge in [-0.05, 0) is 31.2 Å². The third kappa shape index (κ3) is 3.08. The Labute approximate surface area is 155 Å². The molecule has 27 heavy (non-hydrogen) atoms. The van der Waals surface area contributed by atoms with Gasteiger partial charge in [0, 0.05) is 5.56 Å². The van der Waals surface area contributed by atoms with E-state index >= 15 is 0 Å². The monoisotopic (exact) mass is 358 g/mol. The maximum absolute atomic E-state index is 10.00. The number of rotatable bonds is 1. The topological polar surface area (TPSA) is 76.1 Å². The molecule has 0 amide bonds. The minimum atomic E-state index is 0.571. The molecule has 3 aromatic carbocycles. The van der Waals surface area contributed by atoms with E-state index in [1.54, 1.807) is 6.92 Å². The van der Waals surface area contributed by atoms with E-state index in [0.717, 1.165) is 37.1 Å². The van der Waals surface area contributed by atoms with Gasteiger partial charge < -0.3 is 10.4 Å². The molecule has 2 heterocycles. The van der Waals surface area contributed by atoms with Crippen molar-refractivity contribution in [2.75, 3.05) is 0 Å². The van der Waals surface area contributed by atoms with Crippen molar-refractivity contribution in [2.45, 2.75) is 6.92 Å². The number of aryl methyl sites for hydroxylation is 1. The van der Waals surface area contributed by atoms with Gasteiger partial charge in [-0.25, -0.2) is 9.97 Å². The van der Waals surface area contributed by atoms with Gasteiger partial charge in [0.1, 0.15) is 16.9 Å². The molecule has 0 bridgehead atoms. The Morgan fingerprint density at radius 1 is 0.630 bits per heavy atom. The smallest absolute Gasteiger partial charge is 0.176 e. The van der Waals surface area contributed by atoms with Gasteiger partial charge >= 0.3 is 0 Å². The molecular formula is C21H18N4O2. The van der Waals surface area contributed by atoms with Crippen LogP contribution in [0.1, 0.15) is 5.82 Å². The van der Waals surface area contributed by atoms with Crippen molar-refractivity contribution in [2.24, 2.45) is 0 Å². The molecule has 5 aromatic rings. The lowest BCUT2D eigenvalue weighted by molar-refractivity contribution is 0.191. The highest BCUT2D eigenvalue weighted by Crippen LogP contribution is 2.22. The molecule has 0 radical (unpaired) electrons. The van der Waals surface area contributed by atoms with Crippen molar-refractivity contribution in [3.63, 3.8) is 0 Å². The molecular weight excluding hydrogens is 340 g/mol. The maximum atomic E-state index is 10.00. The molecule has 0 spiro atoms. The quantitative estimate of drug-likeness (QED) is 0.432. The predicted octanol–water partition coefficient (Wildman–Crippen LogP) is 4.52. The fourth-order valence-corrected chi connectivity index (χ4v) is 2.92. The van der Waals surface area contributed by atoms with E-state index in [9.17, 15) is 10.4 Å². The molecule has 0 fully saturated rings. The molecule has 0 saturated carbocycles. The normalized spacial score (nSPS) is 10.7. The van der Waals surface area contributed by atoms with Crippen LogP contribution in [0.4, 0.5) is 0 Å². The van der Waals surface area contributed by atoms with Crippen molar-refractivity contribution < 1.29 is 10.4 Å². The van der Waals surface area contributed by atoms with Crippen molar-refractivity contribution in [3.05, 3.63) is 84.7 Å². The Kier molecular flexibility index (Phi) is 4.22. The van der Waals surface area contributed by atoms with Crippen LogP contribution in [-0.4, -0.2) is 29.8 Å². The molecule has 0 atom stereocenters. The second-order valence-corrected chi connectivity index (χ2v) is 6.06. The second kappa shape index (κ2) is 6.84. The summed E-state index contributed by atoms with van der Waals surface area (Å²) in [7, 11) is 0. The SMILES string of the molecule is Cc1nc2ccccc2n1O.On1c(-c2ccccc2)nc2ccccc21. The summed E-state index contributed by atoms with van der Waals surface area (Å²) in [6.07, 6.45) is 0. The van der Waals surface area contributed by atoms with Crippen molar-refractivity contribution in [1.82, 2.24) is 19.4 Å². The first-order valence-corrected chi connectivity index (χ1v) is 8.50. The highest BCUT2D eigenvalue weighted by molar-refractivity contribution is 5.80. The van der Waals surface area contributed by atoms with E-state index in [1.807, 2.05) is 78.9 Å². The summed E-state index contributed by atoms with van der Waals surface area (Å²) in [6.45, 7) is 1.76. The lowest BCUT2D eigenvalue weighted by Crippen LogP contribution is -1.93. The van der Waals surface area contributed by atoms with Gasteiger partial charge in [-0.2, -0.15) is 9.46 Å². The van der Waals surface area contributed by atoms with Gasteiger partial charge in [0.25, 0.3) is 0 Å². The van der Waals surface area contributed by atoms with Crippen LogP contribution in [0.25, 0.3) is 33.5 Å². The van der Waals surface area contributed by atoms with Crippen molar-refractivity contribution in [3.8, 4) is 11.4 Å². The Balaban J connectivity index is 0.000000143. The van der Waals surface area contributed by atoms with Crippen molar-refractivity contribution in [1.29, 1.82) is 0 Å². The highest BCUT2D eigenvalue weighted by atomic mass is 16.5. The lowest BCUT2D eigenvalue weighted by atomic mass is 10.2. The third-order valence-corrected chi connectivity index (χ3v) is 4.27. The molecule has 0 aliphatic rings. The number of fused-ring (bicyclic) bond motifs is 2. The molecule has 2 N–H and O–H groups in total. The Morgan fingerprint density at radius 3 is 1.74 bits per heavy atom. The largest absolute Gasteiger partial charge is 0.427 e. The van der Waals surface area contributed by atoms with Crippen LogP contribution < -0.4 is 0 Å². The van der Waals surface area contributed by atoms with E-state index in [2.05, 4.69) is 9.97 Å². The summed E-state index contributed by atoms with van der Waals surface area (Å²) in [6, 6.07) is 24.6. The van der Waals surface area contributed by atoms with Crippen LogP contribution in [0.5, 0.6) is 0 Å². The van der Waals surface area contributed by atoms with Crippen LogP contribution in [0.15, 0.2) is 78.9 Å². The Morgan fingerprint density at radius 2 is 1.15 bits per heavy atom. The van der Waals surface area contributed by atoms with Gasteiger partial charge in [-0.15, -0.1) is 0 Å². The standard InChI is InChI=1S/C13H10N2O.C8H8N2O/c16-15-12-9-5-4-8-11(12)14-13(15)10-6-2-1-3-7-10;1-6-9-7-4-2-3-5-8(7)10(6)11/h1-9,16H;2-5,11H,1H3. The molecule has 134 valence electrons. The predicted molar refractivity (Wildman–Crippen MR) is 104 cm³/mol. The molecule has 0 unspecified atom stereocenters. The van der Waals surface area contributed by atoms with Gasteiger partial charge in [0.05, 0.1) is 11.0 Å². The average Bonchev–Trinajstić information content (AvgIpc) is 3.20. The Hall–Kier alpha value is -3.80. The summed E-state index contributed by atoms with van der Waals surface area (Å²) in [4.78, 5) is 8.52. The fraction of sp³-hybridized carbons (Fsp3) is 0.0476. The number of aromatic nitrogens is 4. The van der Waals surface area contributed by atoms with Crippen LogP contribution >= 0.6 is 0 Å². The number of benzene rings is 3.